The molecule has 0 aliphatic rings. The van der Waals surface area contributed by atoms with Gasteiger partial charge in [-0.2, -0.15) is 0 Å². The molecule has 6 nitrogen and oxygen atoms in total. The minimum atomic E-state index is -0.693. The van der Waals surface area contributed by atoms with E-state index in [1.165, 1.54) is 23.3 Å². The number of aryl methyl sites for hydroxylation is 2. The number of hydrogen-bond acceptors (Lipinski definition) is 5. The molecule has 0 fully saturated rings. The molecule has 0 atom stereocenters. The molecule has 0 radical (unpaired) electrons. The highest BCUT2D eigenvalue weighted by atomic mass is 16.3. The van der Waals surface area contributed by atoms with Gasteiger partial charge in [-0.25, -0.2) is 9.97 Å². The highest BCUT2D eigenvalue weighted by molar-refractivity contribution is 5.96. The first-order valence-electron chi connectivity index (χ1n) is 7.74. The number of nitrogens with one attached hydrogen (secondary N) is 1. The van der Waals surface area contributed by atoms with Gasteiger partial charge in [0.05, 0.1) is 11.3 Å². The molecule has 1 aromatic heterocycles. The van der Waals surface area contributed by atoms with Gasteiger partial charge in [0.2, 0.25) is 5.95 Å². The van der Waals surface area contributed by atoms with Crippen molar-refractivity contribution in [3.63, 3.8) is 0 Å². The maximum absolute atomic E-state index is 11.4. The van der Waals surface area contributed by atoms with Crippen molar-refractivity contribution in [1.29, 1.82) is 0 Å². The molecule has 2 aromatic carbocycles. The number of carbonyl (C=O) groups excluding carboxylic acids is 1. The molecule has 1 amide bonds. The highest BCUT2D eigenvalue weighted by Gasteiger charge is 2.11. The number of rotatable bonds is 4. The van der Waals surface area contributed by atoms with Crippen LogP contribution in [0.2, 0.25) is 0 Å². The van der Waals surface area contributed by atoms with E-state index in [0.717, 1.165) is 5.69 Å². The van der Waals surface area contributed by atoms with Crippen LogP contribution in [0.1, 0.15) is 21.5 Å². The zero-order valence-corrected chi connectivity index (χ0v) is 13.9. The second-order valence-corrected chi connectivity index (χ2v) is 5.79. The first-order chi connectivity index (χ1) is 11.9. The monoisotopic (exact) mass is 334 g/mol. The molecular formula is C19H18N4O2. The number of primary amides is 1. The molecule has 25 heavy (non-hydrogen) atoms. The van der Waals surface area contributed by atoms with Gasteiger partial charge in [-0.05, 0) is 61.4 Å². The molecule has 6 heteroatoms. The number of anilines is 2. The van der Waals surface area contributed by atoms with Gasteiger partial charge in [-0.3, -0.25) is 4.79 Å². The lowest BCUT2D eigenvalue weighted by Crippen LogP contribution is -2.11. The van der Waals surface area contributed by atoms with Crippen molar-refractivity contribution in [3.05, 3.63) is 65.4 Å². The first kappa shape index (κ1) is 16.4. The van der Waals surface area contributed by atoms with Crippen LogP contribution in [0.5, 0.6) is 5.75 Å². The van der Waals surface area contributed by atoms with Crippen LogP contribution in [0.25, 0.3) is 11.3 Å². The Bertz CT molecular complexity index is 954. The molecule has 1 heterocycles. The van der Waals surface area contributed by atoms with Crippen molar-refractivity contribution in [1.82, 2.24) is 9.97 Å². The normalized spacial score (nSPS) is 10.5. The summed E-state index contributed by atoms with van der Waals surface area (Å²) in [6.07, 6.45) is 1.63. The molecule has 0 spiro atoms. The Labute approximate surface area is 145 Å². The predicted octanol–water partition coefficient (Wildman–Crippen LogP) is 3.31. The number of amides is 1. The van der Waals surface area contributed by atoms with E-state index in [1.54, 1.807) is 18.3 Å². The Balaban J connectivity index is 1.92. The molecule has 126 valence electrons. The molecular weight excluding hydrogens is 316 g/mol. The predicted molar refractivity (Wildman–Crippen MR) is 96.8 cm³/mol. The molecule has 0 saturated carbocycles. The average molecular weight is 334 g/mol. The third-order valence-electron chi connectivity index (χ3n) is 3.98. The van der Waals surface area contributed by atoms with Gasteiger partial charge < -0.3 is 16.2 Å². The lowest BCUT2D eigenvalue weighted by Gasteiger charge is -2.09. The largest absolute Gasteiger partial charge is 0.507 e. The summed E-state index contributed by atoms with van der Waals surface area (Å²) in [4.78, 5) is 20.1. The maximum atomic E-state index is 11.4. The molecule has 0 unspecified atom stereocenters. The second-order valence-electron chi connectivity index (χ2n) is 5.79. The summed E-state index contributed by atoms with van der Waals surface area (Å²) >= 11 is 0. The van der Waals surface area contributed by atoms with Crippen LogP contribution in [0.4, 0.5) is 11.6 Å². The molecule has 0 aliphatic heterocycles. The number of phenols is 1. The fourth-order valence-electron chi connectivity index (χ4n) is 2.42. The van der Waals surface area contributed by atoms with Gasteiger partial charge in [0.15, 0.2) is 0 Å². The zero-order valence-electron chi connectivity index (χ0n) is 13.9. The van der Waals surface area contributed by atoms with Crippen molar-refractivity contribution >= 4 is 17.5 Å². The van der Waals surface area contributed by atoms with E-state index in [4.69, 9.17) is 5.73 Å². The van der Waals surface area contributed by atoms with Gasteiger partial charge in [-0.1, -0.05) is 6.07 Å². The van der Waals surface area contributed by atoms with Crippen molar-refractivity contribution < 1.29 is 9.90 Å². The first-order valence-corrected chi connectivity index (χ1v) is 7.74. The van der Waals surface area contributed by atoms with E-state index < -0.39 is 5.91 Å². The third-order valence-corrected chi connectivity index (χ3v) is 3.98. The molecule has 3 aromatic rings. The van der Waals surface area contributed by atoms with Crippen LogP contribution < -0.4 is 11.1 Å². The number of aromatic nitrogens is 2. The van der Waals surface area contributed by atoms with Crippen LogP contribution in [0, 0.1) is 13.8 Å². The Morgan fingerprint density at radius 2 is 1.88 bits per heavy atom. The third kappa shape index (κ3) is 3.58. The fraction of sp³-hybridized carbons (Fsp3) is 0.105. The van der Waals surface area contributed by atoms with E-state index in [2.05, 4.69) is 22.2 Å². The topological polar surface area (TPSA) is 101 Å². The van der Waals surface area contributed by atoms with Gasteiger partial charge in [-0.15, -0.1) is 0 Å². The van der Waals surface area contributed by atoms with E-state index in [-0.39, 0.29) is 11.3 Å². The number of nitrogens with zero attached hydrogens (tertiary/aromatic N) is 2. The Morgan fingerprint density at radius 1 is 1.08 bits per heavy atom. The molecule has 0 saturated heterocycles. The van der Waals surface area contributed by atoms with E-state index in [0.29, 0.717) is 17.2 Å². The van der Waals surface area contributed by atoms with Crippen molar-refractivity contribution in [2.45, 2.75) is 13.8 Å². The van der Waals surface area contributed by atoms with Crippen LogP contribution in [0.3, 0.4) is 0 Å². The molecule has 0 aliphatic carbocycles. The zero-order chi connectivity index (χ0) is 18.0. The highest BCUT2D eigenvalue weighted by Crippen LogP contribution is 2.25. The Kier molecular flexibility index (Phi) is 4.35. The lowest BCUT2D eigenvalue weighted by molar-refractivity contribution is 0.0998. The van der Waals surface area contributed by atoms with Gasteiger partial charge in [0.25, 0.3) is 5.91 Å². The van der Waals surface area contributed by atoms with Crippen LogP contribution in [0.15, 0.2) is 48.7 Å². The molecule has 0 bridgehead atoms. The minimum absolute atomic E-state index is 0.0554. The average Bonchev–Trinajstić information content (AvgIpc) is 2.58. The van der Waals surface area contributed by atoms with Crippen molar-refractivity contribution in [3.8, 4) is 17.0 Å². The van der Waals surface area contributed by atoms with Gasteiger partial charge in [0.1, 0.15) is 5.75 Å². The summed E-state index contributed by atoms with van der Waals surface area (Å²) in [5, 5.41) is 12.9. The maximum Gasteiger partial charge on any atom is 0.252 e. The Morgan fingerprint density at radius 3 is 2.60 bits per heavy atom. The second kappa shape index (κ2) is 6.60. The minimum Gasteiger partial charge on any atom is -0.507 e. The van der Waals surface area contributed by atoms with Gasteiger partial charge in [0, 0.05) is 17.4 Å². The van der Waals surface area contributed by atoms with Gasteiger partial charge >= 0.3 is 0 Å². The summed E-state index contributed by atoms with van der Waals surface area (Å²) in [5.41, 5.74) is 9.89. The number of nitrogens with two attached hydrogens (primary N) is 1. The molecule has 3 rings (SSSR count). The quantitative estimate of drug-likeness (QED) is 0.679. The number of benzene rings is 2. The van der Waals surface area contributed by atoms with E-state index in [1.807, 2.05) is 25.1 Å². The summed E-state index contributed by atoms with van der Waals surface area (Å²) in [6.45, 7) is 4.09. The van der Waals surface area contributed by atoms with Crippen LogP contribution in [-0.2, 0) is 0 Å². The standard InChI is InChI=1S/C19H18N4O2/c1-11-3-5-14(9-12(11)2)22-19-21-8-7-16(23-19)13-4-6-17(24)15(10-13)18(20)25/h3-10,24H,1-2H3,(H2,20,25)(H,21,22,23). The summed E-state index contributed by atoms with van der Waals surface area (Å²) in [7, 11) is 0. The van der Waals surface area contributed by atoms with Crippen molar-refractivity contribution in [2.24, 2.45) is 5.73 Å². The number of aromatic hydroxyl groups is 1. The summed E-state index contributed by atoms with van der Waals surface area (Å²) in [6, 6.07) is 12.3. The van der Waals surface area contributed by atoms with E-state index >= 15 is 0 Å². The fourth-order valence-corrected chi connectivity index (χ4v) is 2.42. The molecule has 4 N–H and O–H groups in total. The van der Waals surface area contributed by atoms with E-state index in [9.17, 15) is 9.90 Å². The smallest absolute Gasteiger partial charge is 0.252 e. The summed E-state index contributed by atoms with van der Waals surface area (Å²) < 4.78 is 0. The SMILES string of the molecule is Cc1ccc(Nc2nccc(-c3ccc(O)c(C(N)=O)c3)n2)cc1C. The van der Waals surface area contributed by atoms with Crippen LogP contribution in [-0.4, -0.2) is 21.0 Å². The number of carbonyl (C=O) groups is 1. The Hall–Kier alpha value is -3.41. The van der Waals surface area contributed by atoms with Crippen molar-refractivity contribution in [2.75, 3.05) is 5.32 Å². The van der Waals surface area contributed by atoms with Crippen LogP contribution >= 0.6 is 0 Å². The summed E-state index contributed by atoms with van der Waals surface area (Å²) in [5.74, 6) is -0.407. The lowest BCUT2D eigenvalue weighted by atomic mass is 10.1. The number of hydrogen-bond donors (Lipinski definition) is 3.